The Labute approximate surface area is 160 Å². The Kier molecular flexibility index (Phi) is 4.84. The molecular formula is C18H27N5O3S. The largest absolute Gasteiger partial charge is 0.355 e. The van der Waals surface area contributed by atoms with Crippen molar-refractivity contribution in [1.29, 1.82) is 0 Å². The summed E-state index contributed by atoms with van der Waals surface area (Å²) in [5, 5.41) is 3.11. The Balaban J connectivity index is 1.66. The van der Waals surface area contributed by atoms with Crippen molar-refractivity contribution in [1.82, 2.24) is 19.6 Å². The summed E-state index contributed by atoms with van der Waals surface area (Å²) in [4.78, 5) is 24.0. The van der Waals surface area contributed by atoms with Gasteiger partial charge in [-0.05, 0) is 44.6 Å². The van der Waals surface area contributed by atoms with Gasteiger partial charge in [0.25, 0.3) is 0 Å². The average molecular weight is 394 g/mol. The number of amides is 1. The molecule has 3 heterocycles. The molecule has 1 aromatic heterocycles. The molecule has 0 unspecified atom stereocenters. The molecule has 1 N–H and O–H groups in total. The second-order valence-electron chi connectivity index (χ2n) is 7.86. The number of piperidine rings is 1. The van der Waals surface area contributed by atoms with Gasteiger partial charge in [0.15, 0.2) is 0 Å². The molecular weight excluding hydrogens is 366 g/mol. The molecule has 3 aliphatic rings. The molecule has 0 bridgehead atoms. The number of fused-ring (bicyclic) bond motifs is 1. The fourth-order valence-electron chi connectivity index (χ4n) is 4.36. The van der Waals surface area contributed by atoms with Crippen LogP contribution in [0.15, 0.2) is 18.5 Å². The first-order valence-corrected chi connectivity index (χ1v) is 11.4. The Morgan fingerprint density at radius 1 is 1.33 bits per heavy atom. The minimum atomic E-state index is -3.37. The summed E-state index contributed by atoms with van der Waals surface area (Å²) >= 11 is 0. The minimum Gasteiger partial charge on any atom is -0.355 e. The lowest BCUT2D eigenvalue weighted by Gasteiger charge is -2.44. The number of carbonyl (C=O) groups excluding carboxylic acids is 1. The minimum absolute atomic E-state index is 0.0196. The van der Waals surface area contributed by atoms with E-state index in [1.165, 1.54) is 4.31 Å². The maximum atomic E-state index is 13.3. The van der Waals surface area contributed by atoms with Gasteiger partial charge in [-0.3, -0.25) is 4.79 Å². The van der Waals surface area contributed by atoms with Crippen molar-refractivity contribution in [3.8, 4) is 0 Å². The van der Waals surface area contributed by atoms with Crippen LogP contribution in [-0.4, -0.2) is 66.6 Å². The molecule has 4 rings (SSSR count). The van der Waals surface area contributed by atoms with Gasteiger partial charge in [0.2, 0.25) is 21.9 Å². The van der Waals surface area contributed by atoms with Gasteiger partial charge in [-0.2, -0.15) is 4.31 Å². The zero-order valence-corrected chi connectivity index (χ0v) is 16.5. The van der Waals surface area contributed by atoms with E-state index >= 15 is 0 Å². The molecule has 3 fully saturated rings. The molecule has 2 aliphatic heterocycles. The van der Waals surface area contributed by atoms with Gasteiger partial charge >= 0.3 is 0 Å². The van der Waals surface area contributed by atoms with E-state index in [1.54, 1.807) is 25.4 Å². The van der Waals surface area contributed by atoms with Gasteiger partial charge in [0, 0.05) is 38.6 Å². The SMILES string of the molecule is CCS(=O)(=O)N1C[C@@H]2N(c3ncccn3)CCC[C@]2(C(=O)NCC2CC2)C1. The van der Waals surface area contributed by atoms with Gasteiger partial charge in [-0.25, -0.2) is 18.4 Å². The third-order valence-electron chi connectivity index (χ3n) is 6.14. The topological polar surface area (TPSA) is 95.5 Å². The Morgan fingerprint density at radius 3 is 2.74 bits per heavy atom. The van der Waals surface area contributed by atoms with Crippen LogP contribution in [0, 0.1) is 11.3 Å². The molecule has 1 aromatic rings. The monoisotopic (exact) mass is 393 g/mol. The van der Waals surface area contributed by atoms with Crippen molar-refractivity contribution in [2.45, 2.75) is 38.6 Å². The van der Waals surface area contributed by atoms with Gasteiger partial charge in [0.05, 0.1) is 17.2 Å². The summed E-state index contributed by atoms with van der Waals surface area (Å²) in [5.41, 5.74) is -0.741. The molecule has 1 saturated carbocycles. The van der Waals surface area contributed by atoms with Crippen LogP contribution >= 0.6 is 0 Å². The second kappa shape index (κ2) is 7.01. The fraction of sp³-hybridized carbons (Fsp3) is 0.722. The van der Waals surface area contributed by atoms with Crippen molar-refractivity contribution in [3.05, 3.63) is 18.5 Å². The van der Waals surface area contributed by atoms with Crippen molar-refractivity contribution in [3.63, 3.8) is 0 Å². The first-order valence-electron chi connectivity index (χ1n) is 9.76. The van der Waals surface area contributed by atoms with Gasteiger partial charge in [-0.1, -0.05) is 0 Å². The van der Waals surface area contributed by atoms with E-state index in [-0.39, 0.29) is 24.2 Å². The summed E-state index contributed by atoms with van der Waals surface area (Å²) in [6, 6.07) is 1.51. The van der Waals surface area contributed by atoms with Crippen molar-refractivity contribution < 1.29 is 13.2 Å². The smallest absolute Gasteiger partial charge is 0.229 e. The van der Waals surface area contributed by atoms with Crippen LogP contribution in [0.25, 0.3) is 0 Å². The molecule has 9 heteroatoms. The number of nitrogens with one attached hydrogen (secondary N) is 1. The number of nitrogens with zero attached hydrogens (tertiary/aromatic N) is 4. The third-order valence-corrected chi connectivity index (χ3v) is 7.93. The van der Waals surface area contributed by atoms with Crippen LogP contribution in [0.2, 0.25) is 0 Å². The molecule has 0 radical (unpaired) electrons. The summed E-state index contributed by atoms with van der Waals surface area (Å²) in [6.07, 6.45) is 7.19. The zero-order valence-electron chi connectivity index (χ0n) is 15.7. The number of aromatic nitrogens is 2. The van der Waals surface area contributed by atoms with E-state index in [9.17, 15) is 13.2 Å². The van der Waals surface area contributed by atoms with Crippen LogP contribution in [-0.2, 0) is 14.8 Å². The second-order valence-corrected chi connectivity index (χ2v) is 10.1. The summed E-state index contributed by atoms with van der Waals surface area (Å²) in [6.45, 7) is 3.62. The highest BCUT2D eigenvalue weighted by atomic mass is 32.2. The van der Waals surface area contributed by atoms with Crippen LogP contribution in [0.5, 0.6) is 0 Å². The predicted octanol–water partition coefficient (Wildman–Crippen LogP) is 0.623. The van der Waals surface area contributed by atoms with Crippen molar-refractivity contribution in [2.75, 3.05) is 36.8 Å². The lowest BCUT2D eigenvalue weighted by molar-refractivity contribution is -0.132. The first-order chi connectivity index (χ1) is 13.0. The van der Waals surface area contributed by atoms with E-state index in [4.69, 9.17) is 0 Å². The first kappa shape index (κ1) is 18.6. The number of anilines is 1. The Bertz CT molecular complexity index is 798. The molecule has 2 atom stereocenters. The molecule has 148 valence electrons. The standard InChI is InChI=1S/C18H27N5O3S/c1-2-27(25,26)22-12-15-18(13-22,16(24)21-11-14-5-6-14)7-3-10-23(15)17-19-8-4-9-20-17/h4,8-9,14-15H,2-3,5-7,10-13H2,1H3,(H,21,24)/t15-,18-/m0/s1. The average Bonchev–Trinajstić information content (AvgIpc) is 3.43. The number of sulfonamides is 1. The Morgan fingerprint density at radius 2 is 2.07 bits per heavy atom. The molecule has 1 amide bonds. The van der Waals surface area contributed by atoms with E-state index in [0.717, 1.165) is 25.8 Å². The molecule has 8 nitrogen and oxygen atoms in total. The van der Waals surface area contributed by atoms with Gasteiger partial charge < -0.3 is 10.2 Å². The lowest BCUT2D eigenvalue weighted by atomic mass is 9.74. The number of hydrogen-bond donors (Lipinski definition) is 1. The summed E-state index contributed by atoms with van der Waals surface area (Å²) in [7, 11) is -3.37. The molecule has 0 spiro atoms. The molecule has 0 aromatic carbocycles. The number of carbonyl (C=O) groups is 1. The normalized spacial score (nSPS) is 28.8. The third kappa shape index (κ3) is 3.42. The maximum Gasteiger partial charge on any atom is 0.229 e. The molecule has 27 heavy (non-hydrogen) atoms. The maximum absolute atomic E-state index is 13.3. The van der Waals surface area contributed by atoms with Crippen LogP contribution in [0.3, 0.4) is 0 Å². The highest BCUT2D eigenvalue weighted by Crippen LogP contribution is 2.44. The van der Waals surface area contributed by atoms with Crippen molar-refractivity contribution in [2.24, 2.45) is 11.3 Å². The lowest BCUT2D eigenvalue weighted by Crippen LogP contribution is -2.59. The van der Waals surface area contributed by atoms with E-state index in [1.807, 2.05) is 4.90 Å². The summed E-state index contributed by atoms with van der Waals surface area (Å²) in [5.74, 6) is 1.17. The molecule has 1 aliphatic carbocycles. The van der Waals surface area contributed by atoms with Crippen LogP contribution < -0.4 is 10.2 Å². The Hall–Kier alpha value is -1.74. The van der Waals surface area contributed by atoms with Crippen molar-refractivity contribution >= 4 is 21.9 Å². The quantitative estimate of drug-likeness (QED) is 0.761. The predicted molar refractivity (Wildman–Crippen MR) is 102 cm³/mol. The number of rotatable bonds is 6. The molecule has 2 saturated heterocycles. The highest BCUT2D eigenvalue weighted by molar-refractivity contribution is 7.89. The van der Waals surface area contributed by atoms with Crippen LogP contribution in [0.4, 0.5) is 5.95 Å². The fourth-order valence-corrected chi connectivity index (χ4v) is 5.52. The number of hydrogen-bond acceptors (Lipinski definition) is 6. The van der Waals surface area contributed by atoms with E-state index < -0.39 is 15.4 Å². The van der Waals surface area contributed by atoms with Crippen LogP contribution in [0.1, 0.15) is 32.6 Å². The van der Waals surface area contributed by atoms with E-state index in [0.29, 0.717) is 31.4 Å². The van der Waals surface area contributed by atoms with Gasteiger partial charge in [0.1, 0.15) is 0 Å². The summed E-state index contributed by atoms with van der Waals surface area (Å²) < 4.78 is 26.6. The highest BCUT2D eigenvalue weighted by Gasteiger charge is 2.58. The zero-order chi connectivity index (χ0) is 19.1. The van der Waals surface area contributed by atoms with E-state index in [2.05, 4.69) is 15.3 Å². The van der Waals surface area contributed by atoms with Gasteiger partial charge in [-0.15, -0.1) is 0 Å².